The van der Waals surface area contributed by atoms with Crippen molar-refractivity contribution in [2.24, 2.45) is 5.92 Å². The maximum atomic E-state index is 12.8. The van der Waals surface area contributed by atoms with Gasteiger partial charge in [-0.05, 0) is 36.8 Å². The first-order chi connectivity index (χ1) is 12.0. The molecular weight excluding hydrogens is 338 g/mol. The van der Waals surface area contributed by atoms with Crippen LogP contribution >= 0.6 is 11.8 Å². The second kappa shape index (κ2) is 9.61. The van der Waals surface area contributed by atoms with E-state index in [1.807, 2.05) is 18.2 Å². The fourth-order valence-electron chi connectivity index (χ4n) is 3.06. The number of esters is 1. The first kappa shape index (κ1) is 19.5. The lowest BCUT2D eigenvalue weighted by molar-refractivity contribution is -0.145. The Morgan fingerprint density at radius 1 is 1.24 bits per heavy atom. The lowest BCUT2D eigenvalue weighted by Gasteiger charge is -2.21. The van der Waals surface area contributed by atoms with E-state index in [1.54, 1.807) is 0 Å². The Morgan fingerprint density at radius 3 is 2.64 bits per heavy atom. The molecule has 0 aromatic heterocycles. The zero-order valence-corrected chi connectivity index (χ0v) is 15.6. The van der Waals surface area contributed by atoms with Crippen LogP contribution in [0.25, 0.3) is 0 Å². The molecule has 2 rings (SSSR count). The molecule has 136 valence electrons. The van der Waals surface area contributed by atoms with E-state index >= 15 is 0 Å². The molecule has 1 aliphatic heterocycles. The van der Waals surface area contributed by atoms with Crippen molar-refractivity contribution in [2.45, 2.75) is 45.1 Å². The monoisotopic (exact) mass is 363 g/mol. The van der Waals surface area contributed by atoms with Crippen molar-refractivity contribution in [3.8, 4) is 0 Å². The second-order valence-electron chi connectivity index (χ2n) is 6.30. The molecule has 2 atom stereocenters. The van der Waals surface area contributed by atoms with Gasteiger partial charge in [0, 0.05) is 12.7 Å². The number of aryl methyl sites for hydroxylation is 1. The van der Waals surface area contributed by atoms with Gasteiger partial charge >= 0.3 is 5.97 Å². The molecule has 6 heteroatoms. The molecule has 0 bridgehead atoms. The first-order valence-corrected chi connectivity index (χ1v) is 9.58. The van der Waals surface area contributed by atoms with Crippen LogP contribution in [0.3, 0.4) is 0 Å². The summed E-state index contributed by atoms with van der Waals surface area (Å²) in [6.07, 6.45) is 3.84. The third-order valence-corrected chi connectivity index (χ3v) is 5.41. The molecule has 1 N–H and O–H groups in total. The Kier molecular flexibility index (Phi) is 7.50. The number of benzene rings is 1. The SMILES string of the molecule is COC(=O)[C@@H]1CCCCc2ccccc2C[C@H](CSC(C)=O)C(=O)N1. The molecule has 1 amide bonds. The van der Waals surface area contributed by atoms with Crippen LogP contribution in [-0.4, -0.2) is 35.9 Å². The van der Waals surface area contributed by atoms with E-state index in [0.29, 0.717) is 18.6 Å². The first-order valence-electron chi connectivity index (χ1n) is 8.59. The largest absolute Gasteiger partial charge is 0.467 e. The molecule has 0 aliphatic carbocycles. The average Bonchev–Trinajstić information content (AvgIpc) is 2.63. The molecule has 25 heavy (non-hydrogen) atoms. The van der Waals surface area contributed by atoms with Gasteiger partial charge in [0.25, 0.3) is 0 Å². The lowest BCUT2D eigenvalue weighted by atomic mass is 9.94. The maximum absolute atomic E-state index is 12.8. The summed E-state index contributed by atoms with van der Waals surface area (Å²) >= 11 is 1.15. The summed E-state index contributed by atoms with van der Waals surface area (Å²) in [5.41, 5.74) is 2.38. The van der Waals surface area contributed by atoms with Gasteiger partial charge < -0.3 is 10.1 Å². The molecule has 1 aromatic carbocycles. The highest BCUT2D eigenvalue weighted by molar-refractivity contribution is 8.13. The number of fused-ring (bicyclic) bond motifs is 1. The maximum Gasteiger partial charge on any atom is 0.328 e. The van der Waals surface area contributed by atoms with Crippen molar-refractivity contribution < 1.29 is 19.1 Å². The summed E-state index contributed by atoms with van der Waals surface area (Å²) in [6.45, 7) is 1.50. The van der Waals surface area contributed by atoms with Crippen molar-refractivity contribution in [2.75, 3.05) is 12.9 Å². The molecule has 0 unspecified atom stereocenters. The summed E-state index contributed by atoms with van der Waals surface area (Å²) in [6, 6.07) is 7.50. The normalized spacial score (nSPS) is 21.4. The van der Waals surface area contributed by atoms with Crippen LogP contribution in [0.15, 0.2) is 24.3 Å². The van der Waals surface area contributed by atoms with Gasteiger partial charge in [0.05, 0.1) is 13.0 Å². The van der Waals surface area contributed by atoms with E-state index < -0.39 is 12.0 Å². The van der Waals surface area contributed by atoms with E-state index in [9.17, 15) is 14.4 Å². The predicted molar refractivity (Wildman–Crippen MR) is 98.3 cm³/mol. The lowest BCUT2D eigenvalue weighted by Crippen LogP contribution is -2.45. The molecule has 1 aliphatic rings. The van der Waals surface area contributed by atoms with Crippen LogP contribution in [0.2, 0.25) is 0 Å². The van der Waals surface area contributed by atoms with Gasteiger partial charge in [-0.15, -0.1) is 0 Å². The van der Waals surface area contributed by atoms with Gasteiger partial charge in [0.15, 0.2) is 5.12 Å². The van der Waals surface area contributed by atoms with Crippen LogP contribution < -0.4 is 5.32 Å². The topological polar surface area (TPSA) is 72.5 Å². The van der Waals surface area contributed by atoms with E-state index in [4.69, 9.17) is 4.74 Å². The zero-order valence-electron chi connectivity index (χ0n) is 14.7. The minimum absolute atomic E-state index is 0.0140. The third-order valence-electron chi connectivity index (χ3n) is 4.43. The summed E-state index contributed by atoms with van der Waals surface area (Å²) in [5.74, 6) is -0.562. The molecule has 0 saturated heterocycles. The van der Waals surface area contributed by atoms with Gasteiger partial charge in [-0.1, -0.05) is 42.4 Å². The number of hydrogen-bond acceptors (Lipinski definition) is 5. The molecule has 5 nitrogen and oxygen atoms in total. The van der Waals surface area contributed by atoms with Crippen LogP contribution in [0.4, 0.5) is 0 Å². The minimum Gasteiger partial charge on any atom is -0.467 e. The quantitative estimate of drug-likeness (QED) is 0.836. The Labute approximate surface area is 152 Å². The van der Waals surface area contributed by atoms with Crippen molar-refractivity contribution in [3.63, 3.8) is 0 Å². The van der Waals surface area contributed by atoms with Crippen molar-refractivity contribution in [1.82, 2.24) is 5.32 Å². The Balaban J connectivity index is 2.25. The number of carbonyl (C=O) groups is 3. The molecule has 0 spiro atoms. The second-order valence-corrected chi connectivity index (χ2v) is 7.50. The van der Waals surface area contributed by atoms with E-state index in [0.717, 1.165) is 36.6 Å². The standard InChI is InChI=1S/C19H25NO4S/c1-13(21)25-12-16-11-15-9-4-3-7-14(15)8-5-6-10-17(19(23)24-2)20-18(16)22/h3-4,7,9,16-17H,5-6,8,10-12H2,1-2H3,(H,20,22)/t16-,17+/m1/s1. The average molecular weight is 363 g/mol. The molecular formula is C19H25NO4S. The number of ether oxygens (including phenoxy) is 1. The number of amides is 1. The molecule has 0 saturated carbocycles. The Morgan fingerprint density at radius 2 is 1.96 bits per heavy atom. The predicted octanol–water partition coefficient (Wildman–Crippen LogP) is 2.51. The highest BCUT2D eigenvalue weighted by atomic mass is 32.2. The van der Waals surface area contributed by atoms with Gasteiger partial charge in [-0.3, -0.25) is 9.59 Å². The number of rotatable bonds is 3. The molecule has 1 heterocycles. The van der Waals surface area contributed by atoms with E-state index in [1.165, 1.54) is 19.6 Å². The van der Waals surface area contributed by atoms with Crippen LogP contribution in [0.1, 0.15) is 37.3 Å². The smallest absolute Gasteiger partial charge is 0.328 e. The number of thioether (sulfide) groups is 1. The Bertz CT molecular complexity index is 632. The van der Waals surface area contributed by atoms with Gasteiger partial charge in [0.1, 0.15) is 6.04 Å². The third kappa shape index (κ3) is 5.88. The highest BCUT2D eigenvalue weighted by Crippen LogP contribution is 2.22. The summed E-state index contributed by atoms with van der Waals surface area (Å²) in [5, 5.41) is 2.82. The zero-order chi connectivity index (χ0) is 18.2. The fraction of sp³-hybridized carbons (Fsp3) is 0.526. The molecule has 0 radical (unpaired) electrons. The molecule has 0 fully saturated rings. The highest BCUT2D eigenvalue weighted by Gasteiger charge is 2.27. The summed E-state index contributed by atoms with van der Waals surface area (Å²) in [4.78, 5) is 36.1. The van der Waals surface area contributed by atoms with Crippen molar-refractivity contribution in [1.29, 1.82) is 0 Å². The van der Waals surface area contributed by atoms with Crippen LogP contribution in [-0.2, 0) is 32.0 Å². The van der Waals surface area contributed by atoms with Crippen LogP contribution in [0.5, 0.6) is 0 Å². The minimum atomic E-state index is -0.622. The van der Waals surface area contributed by atoms with Gasteiger partial charge in [-0.2, -0.15) is 0 Å². The van der Waals surface area contributed by atoms with Crippen molar-refractivity contribution in [3.05, 3.63) is 35.4 Å². The van der Waals surface area contributed by atoms with Crippen LogP contribution in [0, 0.1) is 5.92 Å². The summed E-state index contributed by atoms with van der Waals surface area (Å²) < 4.78 is 4.82. The number of methoxy groups -OCH3 is 1. The van der Waals surface area contributed by atoms with E-state index in [2.05, 4.69) is 11.4 Å². The summed E-state index contributed by atoms with van der Waals surface area (Å²) in [7, 11) is 1.33. The number of carbonyl (C=O) groups excluding carboxylic acids is 3. The molecule has 1 aromatic rings. The number of nitrogens with one attached hydrogen (secondary N) is 1. The Hall–Kier alpha value is -1.82. The van der Waals surface area contributed by atoms with Crippen molar-refractivity contribution >= 4 is 28.8 Å². The number of hydrogen-bond donors (Lipinski definition) is 1. The van der Waals surface area contributed by atoms with E-state index in [-0.39, 0.29) is 16.9 Å². The van der Waals surface area contributed by atoms with Gasteiger partial charge in [-0.25, -0.2) is 4.79 Å². The fourth-order valence-corrected chi connectivity index (χ4v) is 3.76. The van der Waals surface area contributed by atoms with Gasteiger partial charge in [0.2, 0.25) is 5.91 Å².